The molecule has 1 aromatic rings. The van der Waals surface area contributed by atoms with Crippen LogP contribution in [0.3, 0.4) is 0 Å². The third kappa shape index (κ3) is 27.1. The zero-order chi connectivity index (χ0) is 66.6. The van der Waals surface area contributed by atoms with Gasteiger partial charge in [0.25, 0.3) is 0 Å². The Morgan fingerprint density at radius 1 is 0.670 bits per heavy atom. The number of carboxylic acid groups (broad SMARTS) is 1. The van der Waals surface area contributed by atoms with Crippen LogP contribution in [-0.2, 0) is 59.2 Å². The van der Waals surface area contributed by atoms with Gasteiger partial charge in [0.05, 0.1) is 31.4 Å². The van der Waals surface area contributed by atoms with Gasteiger partial charge in [-0.3, -0.25) is 43.3 Å². The molecule has 1 aliphatic rings. The quantitative estimate of drug-likeness (QED) is 0.0208. The third-order valence-corrected chi connectivity index (χ3v) is 13.7. The van der Waals surface area contributed by atoms with Crippen molar-refractivity contribution in [2.75, 3.05) is 19.7 Å². The monoisotopic (exact) mass is 1240 g/mol. The summed E-state index contributed by atoms with van der Waals surface area (Å²) in [5.74, 6) is -12.1. The van der Waals surface area contributed by atoms with Gasteiger partial charge in [-0.05, 0) is 83.6 Å². The highest BCUT2D eigenvalue weighted by molar-refractivity contribution is 5.98. The fourth-order valence-electron chi connectivity index (χ4n) is 8.62. The van der Waals surface area contributed by atoms with Crippen molar-refractivity contribution in [1.82, 2.24) is 53.2 Å². The fourth-order valence-corrected chi connectivity index (χ4v) is 8.62. The highest BCUT2D eigenvalue weighted by Crippen LogP contribution is 2.22. The first-order valence-corrected chi connectivity index (χ1v) is 29.1. The lowest BCUT2D eigenvalue weighted by Crippen LogP contribution is -2.66. The number of aliphatic carboxylic acids is 1. The first kappa shape index (κ1) is 75.7. The van der Waals surface area contributed by atoms with Crippen molar-refractivity contribution in [3.8, 4) is 0 Å². The van der Waals surface area contributed by atoms with Gasteiger partial charge in [0, 0.05) is 12.5 Å². The molecule has 30 nitrogen and oxygen atoms in total. The minimum absolute atomic E-state index is 0.0232. The number of aliphatic hydroxyl groups excluding tert-OH is 3. The van der Waals surface area contributed by atoms with Gasteiger partial charge < -0.3 is 94.5 Å². The summed E-state index contributed by atoms with van der Waals surface area (Å²) >= 11 is 0. The lowest BCUT2D eigenvalue weighted by Gasteiger charge is -2.35. The van der Waals surface area contributed by atoms with Crippen LogP contribution in [-0.4, -0.2) is 184 Å². The molecular weight excluding hydrogens is 1150 g/mol. The van der Waals surface area contributed by atoms with Gasteiger partial charge in [0.2, 0.25) is 47.3 Å². The number of nitrogens with two attached hydrogens (primary N) is 2. The molecule has 0 fully saturated rings. The normalized spacial score (nSPS) is 16.9. The van der Waals surface area contributed by atoms with Crippen LogP contribution in [0.15, 0.2) is 59.6 Å². The van der Waals surface area contributed by atoms with Crippen molar-refractivity contribution in [3.05, 3.63) is 60.2 Å². The smallest absolute Gasteiger partial charge is 0.408 e. The number of hydrogen-bond acceptors (Lipinski definition) is 17. The molecule has 10 amide bonds. The maximum Gasteiger partial charge on any atom is 0.408 e. The van der Waals surface area contributed by atoms with E-state index in [1.54, 1.807) is 117 Å². The van der Waals surface area contributed by atoms with Gasteiger partial charge in [-0.1, -0.05) is 103 Å². The standard InChI is InChI=1S/C58H93N13O17/c1-12-32(6)41(51(80)68-42(34(8)73)50(79)62-27-40(74)63-33(7)47(76)66-39(28-72)54(83)84)67-48(77)37(24-19-25-61-55(59)60)64-49(78)38(26-30(2)3)65-53(82)45(46(75)31(4)5)69-52(81)44(71-56(85)87-29-35-20-15-13-16-21-35)43(36-22-17-14-18-23-36)70-57(86)88-58(9,10)11/h13-18,20-22,30-34,36-39,41-46,72-73,75H,12,19,23-29H2,1-11H3,(H,62,79)(H,63,74)(H,64,78)(H,65,82)(H,66,76)(H,67,77)(H,68,80)(H,69,81)(H,70,86)(H,71,85)(H,83,84)(H4,59,60,61)/t32-,33-,34-,36?,37+,38-,39-,41-,42-,43+,44-,45-,46+/m0/s1. The van der Waals surface area contributed by atoms with Gasteiger partial charge in [0.15, 0.2) is 5.96 Å². The molecule has 1 aliphatic carbocycles. The van der Waals surface area contributed by atoms with Crippen LogP contribution >= 0.6 is 0 Å². The number of alkyl carbamates (subject to hydrolysis) is 2. The highest BCUT2D eigenvalue weighted by atomic mass is 16.6. The fraction of sp³-hybridized carbons (Fsp3) is 0.621. The molecule has 0 aliphatic heterocycles. The Kier molecular flexibility index (Phi) is 32.1. The molecule has 0 spiro atoms. The average Bonchev–Trinajstić information content (AvgIpc) is 3.66. The Bertz CT molecular complexity index is 2610. The van der Waals surface area contributed by atoms with Crippen molar-refractivity contribution in [2.45, 2.75) is 187 Å². The molecule has 0 bridgehead atoms. The summed E-state index contributed by atoms with van der Waals surface area (Å²) in [5.41, 5.74) is 10.7. The number of nitrogens with one attached hydrogen (secondary N) is 10. The SMILES string of the molecule is CC[C@H](C)[C@H](NC(=O)[C@@H](CCCN=C(N)N)NC(=O)[C@H](CC(C)C)NC(=O)[C@@H](NC(=O)[C@@H](NC(=O)OCc1ccccc1)[C@H](NC(=O)OC(C)(C)C)C1C=CC=CC1)[C@H](O)C(C)C)C(=O)N[C@H](C(=O)NCC(=O)N[C@@H](C)C(=O)N[C@@H](CO)C(=O)O)[C@H](C)O. The first-order valence-electron chi connectivity index (χ1n) is 29.1. The van der Waals surface area contributed by atoms with Gasteiger partial charge >= 0.3 is 18.2 Å². The zero-order valence-electron chi connectivity index (χ0n) is 51.9. The van der Waals surface area contributed by atoms with Crippen LogP contribution in [0.2, 0.25) is 0 Å². The van der Waals surface area contributed by atoms with Crippen molar-refractivity contribution in [3.63, 3.8) is 0 Å². The lowest BCUT2D eigenvalue weighted by atomic mass is 9.87. The van der Waals surface area contributed by atoms with Crippen LogP contribution < -0.4 is 64.6 Å². The summed E-state index contributed by atoms with van der Waals surface area (Å²) in [6.45, 7) is 15.2. The summed E-state index contributed by atoms with van der Waals surface area (Å²) in [4.78, 5) is 153. The maximum absolute atomic E-state index is 14.9. The summed E-state index contributed by atoms with van der Waals surface area (Å²) < 4.78 is 11.1. The Morgan fingerprint density at radius 3 is 1.80 bits per heavy atom. The second kappa shape index (κ2) is 37.3. The molecule has 2 rings (SSSR count). The highest BCUT2D eigenvalue weighted by Gasteiger charge is 2.42. The van der Waals surface area contributed by atoms with Gasteiger partial charge in [-0.25, -0.2) is 14.4 Å². The number of hydrogen-bond donors (Lipinski definition) is 16. The largest absolute Gasteiger partial charge is 0.480 e. The molecule has 0 heterocycles. The molecule has 0 saturated carbocycles. The maximum atomic E-state index is 14.9. The summed E-state index contributed by atoms with van der Waals surface area (Å²) in [6.07, 6.45) is 2.04. The molecule has 1 aromatic carbocycles. The number of rotatable bonds is 35. The molecule has 1 unspecified atom stereocenters. The van der Waals surface area contributed by atoms with Gasteiger partial charge in [0.1, 0.15) is 60.5 Å². The molecule has 492 valence electrons. The molecular formula is C58H93N13O17. The lowest BCUT2D eigenvalue weighted by molar-refractivity contribution is -0.143. The Morgan fingerprint density at radius 2 is 1.25 bits per heavy atom. The third-order valence-electron chi connectivity index (χ3n) is 13.7. The van der Waals surface area contributed by atoms with E-state index in [9.17, 15) is 68.1 Å². The number of carbonyl (C=O) groups excluding carboxylic acids is 10. The number of guanidine groups is 1. The number of aliphatic imine (C=N–C) groups is 1. The van der Waals surface area contributed by atoms with Crippen LogP contribution in [0, 0.1) is 23.7 Å². The predicted molar refractivity (Wildman–Crippen MR) is 321 cm³/mol. The van der Waals surface area contributed by atoms with E-state index >= 15 is 0 Å². The second-order valence-corrected chi connectivity index (χ2v) is 23.2. The predicted octanol–water partition coefficient (Wildman–Crippen LogP) is -1.54. The van der Waals surface area contributed by atoms with Crippen molar-refractivity contribution >= 4 is 71.4 Å². The minimum Gasteiger partial charge on any atom is -0.480 e. The Labute approximate surface area is 512 Å². The number of nitrogens with zero attached hydrogens (tertiary/aromatic N) is 1. The molecule has 30 heteroatoms. The van der Waals surface area contributed by atoms with Gasteiger partial charge in [-0.15, -0.1) is 0 Å². The minimum atomic E-state index is -1.84. The number of amides is 10. The Hall–Kier alpha value is -8.38. The molecule has 0 saturated heterocycles. The van der Waals surface area contributed by atoms with E-state index in [0.717, 1.165) is 0 Å². The van der Waals surface area contributed by atoms with Crippen LogP contribution in [0.5, 0.6) is 0 Å². The van der Waals surface area contributed by atoms with Crippen molar-refractivity contribution < 1.29 is 82.6 Å². The van der Waals surface area contributed by atoms with E-state index in [0.29, 0.717) is 5.56 Å². The molecule has 0 radical (unpaired) electrons. The number of allylic oxidation sites excluding steroid dienone is 3. The molecule has 13 atom stereocenters. The van der Waals surface area contributed by atoms with Crippen molar-refractivity contribution in [1.29, 1.82) is 0 Å². The molecule has 18 N–H and O–H groups in total. The van der Waals surface area contributed by atoms with E-state index in [1.807, 2.05) is 5.32 Å². The van der Waals surface area contributed by atoms with E-state index in [1.165, 1.54) is 13.8 Å². The van der Waals surface area contributed by atoms with Crippen LogP contribution in [0.4, 0.5) is 9.59 Å². The van der Waals surface area contributed by atoms with E-state index in [-0.39, 0.29) is 57.1 Å². The van der Waals surface area contributed by atoms with Crippen molar-refractivity contribution in [2.24, 2.45) is 40.1 Å². The van der Waals surface area contributed by atoms with E-state index in [2.05, 4.69) is 52.8 Å². The second-order valence-electron chi connectivity index (χ2n) is 23.2. The van der Waals surface area contributed by atoms with Crippen LogP contribution in [0.25, 0.3) is 0 Å². The average molecular weight is 1240 g/mol. The number of benzene rings is 1. The number of carbonyl (C=O) groups is 11. The van der Waals surface area contributed by atoms with E-state index < -0.39 is 169 Å². The van der Waals surface area contributed by atoms with E-state index in [4.69, 9.17) is 26.0 Å². The number of aliphatic hydroxyl groups is 3. The number of carboxylic acids is 1. The van der Waals surface area contributed by atoms with Gasteiger partial charge in [-0.2, -0.15) is 0 Å². The van der Waals surface area contributed by atoms with Crippen LogP contribution in [0.1, 0.15) is 114 Å². The number of ether oxygens (including phenoxy) is 2. The zero-order valence-corrected chi connectivity index (χ0v) is 51.9. The Balaban J connectivity index is 2.53. The summed E-state index contributed by atoms with van der Waals surface area (Å²) in [7, 11) is 0. The molecule has 0 aromatic heterocycles. The summed E-state index contributed by atoms with van der Waals surface area (Å²) in [5, 5.41) is 65.3. The summed E-state index contributed by atoms with van der Waals surface area (Å²) in [6, 6.07) is -5.25. The topological polar surface area (TPSA) is 472 Å². The molecule has 88 heavy (non-hydrogen) atoms. The first-order chi connectivity index (χ1) is 41.2.